The molecule has 0 fully saturated rings. The molecule has 0 aliphatic rings. The van der Waals surface area contributed by atoms with E-state index in [0.29, 0.717) is 11.4 Å². The van der Waals surface area contributed by atoms with E-state index in [1.165, 1.54) is 33.4 Å². The smallest absolute Gasteiger partial charge is 0.148 e. The minimum atomic E-state index is -0.325. The maximum absolute atomic E-state index is 12.5. The van der Waals surface area contributed by atoms with Crippen molar-refractivity contribution in [1.29, 1.82) is 0 Å². The van der Waals surface area contributed by atoms with E-state index in [-0.39, 0.29) is 48.5 Å². The first-order valence-electron chi connectivity index (χ1n) is 24.0. The number of benzene rings is 7. The van der Waals surface area contributed by atoms with E-state index in [2.05, 4.69) is 245 Å². The standard InChI is InChI=1S/C64H64N3O.Pt/c1-61(2,3)48-35-46(34-47(36-48)56-37-45(32-33-65-56)43-28-26-42(27-29-43)41-20-15-13-16-21-41)52-24-19-25-57-58(52)66-60(53-38-49(62(4,5)6)39-55(59(53)68)64(10,11)12)67(57)50-30-31-51(44-22-17-14-18-23-44)54(40-50)63(7,8)9;/h13-33,35-40,68H,1-12H3;/q-1;. The summed E-state index contributed by atoms with van der Waals surface area (Å²) in [6, 6.07) is 60.1. The third kappa shape index (κ3) is 9.93. The summed E-state index contributed by atoms with van der Waals surface area (Å²) in [4.78, 5) is 10.6. The Balaban J connectivity index is 0.00000642. The van der Waals surface area contributed by atoms with Crippen molar-refractivity contribution in [1.82, 2.24) is 14.5 Å². The van der Waals surface area contributed by atoms with Crippen LogP contribution in [0.1, 0.15) is 105 Å². The predicted octanol–water partition coefficient (Wildman–Crippen LogP) is 17.1. The number of para-hydroxylation sites is 1. The van der Waals surface area contributed by atoms with Crippen molar-refractivity contribution in [3.63, 3.8) is 0 Å². The van der Waals surface area contributed by atoms with Crippen LogP contribution >= 0.6 is 0 Å². The van der Waals surface area contributed by atoms with E-state index >= 15 is 0 Å². The zero-order chi connectivity index (χ0) is 48.3. The number of fused-ring (bicyclic) bond motifs is 1. The minimum absolute atomic E-state index is 0. The van der Waals surface area contributed by atoms with E-state index < -0.39 is 0 Å². The second-order valence-corrected chi connectivity index (χ2v) is 22.5. The Morgan fingerprint density at radius 3 is 1.62 bits per heavy atom. The summed E-state index contributed by atoms with van der Waals surface area (Å²) >= 11 is 0. The summed E-state index contributed by atoms with van der Waals surface area (Å²) in [6.45, 7) is 26.8. The van der Waals surface area contributed by atoms with Gasteiger partial charge in [-0.15, -0.1) is 29.3 Å². The molecule has 2 heterocycles. The summed E-state index contributed by atoms with van der Waals surface area (Å²) in [5.74, 6) is 0.943. The number of hydrogen-bond donors (Lipinski definition) is 1. The number of imidazole rings is 1. The van der Waals surface area contributed by atoms with Crippen LogP contribution in [-0.4, -0.2) is 19.6 Å². The summed E-state index contributed by atoms with van der Waals surface area (Å²) in [7, 11) is 0. The zero-order valence-corrected chi connectivity index (χ0v) is 44.5. The number of phenolic OH excluding ortho intramolecular Hbond substituents is 1. The molecule has 0 aliphatic heterocycles. The molecule has 1 N–H and O–H groups in total. The van der Waals surface area contributed by atoms with Crippen molar-refractivity contribution in [3.8, 4) is 78.6 Å². The Morgan fingerprint density at radius 1 is 0.449 bits per heavy atom. The van der Waals surface area contributed by atoms with E-state index in [1.807, 2.05) is 12.3 Å². The molecule has 0 amide bonds. The van der Waals surface area contributed by atoms with Gasteiger partial charge in [-0.2, -0.15) is 0 Å². The normalized spacial score (nSPS) is 12.3. The van der Waals surface area contributed by atoms with Crippen molar-refractivity contribution < 1.29 is 26.2 Å². The first-order valence-corrected chi connectivity index (χ1v) is 24.0. The van der Waals surface area contributed by atoms with Gasteiger partial charge in [-0.3, -0.25) is 9.55 Å². The molecule has 4 nitrogen and oxygen atoms in total. The van der Waals surface area contributed by atoms with Crippen LogP contribution in [0, 0.1) is 6.07 Å². The molecule has 0 unspecified atom stereocenters. The molecule has 7 aromatic carbocycles. The van der Waals surface area contributed by atoms with Gasteiger partial charge in [0.1, 0.15) is 11.6 Å². The van der Waals surface area contributed by atoms with Crippen LogP contribution in [0.3, 0.4) is 0 Å². The summed E-state index contributed by atoms with van der Waals surface area (Å²) in [5.41, 5.74) is 17.7. The van der Waals surface area contributed by atoms with Crippen molar-refractivity contribution in [2.75, 3.05) is 0 Å². The van der Waals surface area contributed by atoms with Crippen molar-refractivity contribution >= 4 is 11.0 Å². The van der Waals surface area contributed by atoms with Crippen molar-refractivity contribution in [3.05, 3.63) is 192 Å². The molecule has 0 bridgehead atoms. The predicted molar refractivity (Wildman–Crippen MR) is 287 cm³/mol. The molecule has 0 saturated carbocycles. The van der Waals surface area contributed by atoms with Crippen molar-refractivity contribution in [2.24, 2.45) is 0 Å². The third-order valence-corrected chi connectivity index (χ3v) is 13.3. The topological polar surface area (TPSA) is 50.9 Å². The zero-order valence-electron chi connectivity index (χ0n) is 42.2. The number of aromatic hydroxyl groups is 1. The van der Waals surface area contributed by atoms with Gasteiger partial charge in [-0.25, -0.2) is 4.98 Å². The molecular weight excluding hydrogens is 1020 g/mol. The van der Waals surface area contributed by atoms with Crippen LogP contribution in [0.2, 0.25) is 0 Å². The molecular formula is C64H64N3OPt-. The van der Waals surface area contributed by atoms with E-state index in [1.54, 1.807) is 0 Å². The summed E-state index contributed by atoms with van der Waals surface area (Å²) in [6.07, 6.45) is 1.90. The molecule has 0 saturated heterocycles. The number of hydrogen-bond acceptors (Lipinski definition) is 3. The van der Waals surface area contributed by atoms with Gasteiger partial charge in [0.2, 0.25) is 0 Å². The third-order valence-electron chi connectivity index (χ3n) is 13.3. The average molecular weight is 1090 g/mol. The fourth-order valence-corrected chi connectivity index (χ4v) is 9.26. The molecule has 0 aliphatic carbocycles. The largest absolute Gasteiger partial charge is 0.507 e. The van der Waals surface area contributed by atoms with Gasteiger partial charge in [0, 0.05) is 44.2 Å². The molecule has 2 aromatic heterocycles. The van der Waals surface area contributed by atoms with Gasteiger partial charge < -0.3 is 5.11 Å². The van der Waals surface area contributed by atoms with Gasteiger partial charge in [0.15, 0.2) is 0 Å². The molecule has 69 heavy (non-hydrogen) atoms. The van der Waals surface area contributed by atoms with Crippen LogP contribution in [0.4, 0.5) is 0 Å². The van der Waals surface area contributed by atoms with E-state index in [0.717, 1.165) is 61.4 Å². The first-order chi connectivity index (χ1) is 32.1. The second-order valence-electron chi connectivity index (χ2n) is 22.5. The minimum Gasteiger partial charge on any atom is -0.507 e. The molecule has 352 valence electrons. The molecule has 0 atom stereocenters. The number of phenols is 1. The fourth-order valence-electron chi connectivity index (χ4n) is 9.26. The van der Waals surface area contributed by atoms with Gasteiger partial charge in [-0.1, -0.05) is 209 Å². The maximum Gasteiger partial charge on any atom is 0.148 e. The molecule has 9 rings (SSSR count). The van der Waals surface area contributed by atoms with Crippen LogP contribution in [0.5, 0.6) is 5.75 Å². The maximum atomic E-state index is 12.5. The van der Waals surface area contributed by atoms with E-state index in [4.69, 9.17) is 9.97 Å². The Labute approximate surface area is 424 Å². The molecule has 9 aromatic rings. The first kappa shape index (κ1) is 49.1. The quantitative estimate of drug-likeness (QED) is 0.162. The fraction of sp³-hybridized carbons (Fsp3) is 0.250. The average Bonchev–Trinajstić information content (AvgIpc) is 3.70. The van der Waals surface area contributed by atoms with Gasteiger partial charge in [-0.05, 0) is 96.5 Å². The van der Waals surface area contributed by atoms with Gasteiger partial charge >= 0.3 is 0 Å². The number of aromatic nitrogens is 3. The van der Waals surface area contributed by atoms with Crippen LogP contribution in [0.15, 0.2) is 164 Å². The Kier molecular flexibility index (Phi) is 13.2. The monoisotopic (exact) mass is 1090 g/mol. The van der Waals surface area contributed by atoms with Crippen LogP contribution in [-0.2, 0) is 42.7 Å². The summed E-state index contributed by atoms with van der Waals surface area (Å²) < 4.78 is 2.26. The van der Waals surface area contributed by atoms with Gasteiger partial charge in [0.05, 0.1) is 16.6 Å². The molecule has 0 radical (unpaired) electrons. The number of pyridine rings is 1. The Bertz CT molecular complexity index is 3300. The van der Waals surface area contributed by atoms with Crippen molar-refractivity contribution in [2.45, 2.75) is 105 Å². The molecule has 5 heteroatoms. The van der Waals surface area contributed by atoms with Gasteiger partial charge in [0.25, 0.3) is 0 Å². The number of nitrogens with zero attached hydrogens (tertiary/aromatic N) is 3. The van der Waals surface area contributed by atoms with E-state index in [9.17, 15) is 5.11 Å². The molecule has 0 spiro atoms. The Hall–Kier alpha value is -6.35. The number of rotatable bonds is 7. The summed E-state index contributed by atoms with van der Waals surface area (Å²) in [5, 5.41) is 12.5. The second kappa shape index (κ2) is 18.5. The Morgan fingerprint density at radius 2 is 1.01 bits per heavy atom. The van der Waals surface area contributed by atoms with Crippen LogP contribution in [0.25, 0.3) is 83.9 Å². The van der Waals surface area contributed by atoms with Crippen LogP contribution < -0.4 is 0 Å². The SMILES string of the molecule is CC(C)(C)c1cc(-c2cc(-c3ccc(-c4ccccc4)cc3)ccn2)[c-]c(-c2cccc3c2nc(-c2cc(C(C)(C)C)cc(C(C)(C)C)c2O)n3-c2ccc(-c3ccccc3)c(C(C)(C)C)c2)c1.[Pt].